The Kier molecular flexibility index (Phi) is 2.07. The van der Waals surface area contributed by atoms with E-state index >= 15 is 0 Å². The molecule has 0 bridgehead atoms. The van der Waals surface area contributed by atoms with Gasteiger partial charge in [0.25, 0.3) is 5.91 Å². The number of carbonyl (C=O) groups is 1. The van der Waals surface area contributed by atoms with E-state index in [1.54, 1.807) is 25.4 Å². The largest absolute Gasteiger partial charge is 0.454 e. The number of nitrogens with zero attached hydrogens (tertiary/aromatic N) is 2. The average Bonchev–Trinajstić information content (AvgIpc) is 2.81. The maximum Gasteiger partial charge on any atom is 0.272 e. The first-order valence-electron chi connectivity index (χ1n) is 5.06. The molecule has 0 spiro atoms. The quantitative estimate of drug-likeness (QED) is 0.782. The van der Waals surface area contributed by atoms with Crippen molar-refractivity contribution in [3.8, 4) is 11.5 Å². The fraction of sp³-hybridized carbons (Fsp3) is 0.182. The molecule has 1 amide bonds. The molecule has 1 N–H and O–H groups in total. The minimum Gasteiger partial charge on any atom is -0.454 e. The van der Waals surface area contributed by atoms with E-state index in [4.69, 9.17) is 9.47 Å². The molecule has 3 rings (SSSR count). The predicted molar refractivity (Wildman–Crippen MR) is 59.1 cm³/mol. The third kappa shape index (κ3) is 1.45. The Balaban J connectivity index is 2.28. The van der Waals surface area contributed by atoms with Gasteiger partial charge in [0.1, 0.15) is 0 Å². The zero-order valence-corrected chi connectivity index (χ0v) is 9.06. The zero-order chi connectivity index (χ0) is 11.8. The molecule has 86 valence electrons. The van der Waals surface area contributed by atoms with Crippen molar-refractivity contribution in [2.24, 2.45) is 0 Å². The maximum atomic E-state index is 11.6. The summed E-state index contributed by atoms with van der Waals surface area (Å²) in [4.78, 5) is 11.6. The molecule has 6 nitrogen and oxygen atoms in total. The van der Waals surface area contributed by atoms with Crippen molar-refractivity contribution in [2.45, 2.75) is 0 Å². The first-order valence-corrected chi connectivity index (χ1v) is 5.06. The number of ether oxygens (including phenoxy) is 2. The van der Waals surface area contributed by atoms with Gasteiger partial charge in [0.15, 0.2) is 17.2 Å². The topological polar surface area (TPSA) is 73.3 Å². The second-order valence-electron chi connectivity index (χ2n) is 3.57. The van der Waals surface area contributed by atoms with Crippen LogP contribution in [0.2, 0.25) is 0 Å². The second kappa shape index (κ2) is 3.58. The molecule has 0 aliphatic carbocycles. The predicted octanol–water partition coefficient (Wildman–Crippen LogP) is 0.718. The van der Waals surface area contributed by atoms with Crippen LogP contribution in [-0.4, -0.2) is 29.9 Å². The summed E-state index contributed by atoms with van der Waals surface area (Å²) >= 11 is 0. The highest BCUT2D eigenvalue weighted by Gasteiger charge is 2.18. The summed E-state index contributed by atoms with van der Waals surface area (Å²) in [6, 6.07) is 3.54. The van der Waals surface area contributed by atoms with Crippen molar-refractivity contribution in [3.63, 3.8) is 0 Å². The van der Waals surface area contributed by atoms with Crippen LogP contribution in [0.3, 0.4) is 0 Å². The number of rotatable bonds is 1. The molecule has 6 heteroatoms. The Hall–Kier alpha value is -2.37. The normalized spacial score (nSPS) is 12.8. The van der Waals surface area contributed by atoms with Crippen LogP contribution in [0, 0.1) is 0 Å². The van der Waals surface area contributed by atoms with Gasteiger partial charge < -0.3 is 14.8 Å². The van der Waals surface area contributed by atoms with E-state index in [2.05, 4.69) is 15.5 Å². The van der Waals surface area contributed by atoms with E-state index in [0.29, 0.717) is 16.9 Å². The number of fused-ring (bicyclic) bond motifs is 2. The number of nitrogens with one attached hydrogen (secondary N) is 1. The molecule has 17 heavy (non-hydrogen) atoms. The van der Waals surface area contributed by atoms with E-state index in [1.165, 1.54) is 0 Å². The third-order valence-corrected chi connectivity index (χ3v) is 2.60. The molecule has 1 aliphatic rings. The van der Waals surface area contributed by atoms with Crippen LogP contribution in [0.15, 0.2) is 18.3 Å². The van der Waals surface area contributed by atoms with Crippen molar-refractivity contribution in [1.29, 1.82) is 0 Å². The van der Waals surface area contributed by atoms with Crippen LogP contribution in [0.4, 0.5) is 0 Å². The zero-order valence-electron chi connectivity index (χ0n) is 9.06. The third-order valence-electron chi connectivity index (χ3n) is 2.60. The van der Waals surface area contributed by atoms with Crippen LogP contribution in [0.5, 0.6) is 11.5 Å². The van der Waals surface area contributed by atoms with Crippen LogP contribution in [-0.2, 0) is 0 Å². The minimum atomic E-state index is -0.276. The molecule has 0 saturated heterocycles. The molecule has 0 unspecified atom stereocenters. The van der Waals surface area contributed by atoms with Crippen molar-refractivity contribution >= 4 is 16.7 Å². The molecule has 0 radical (unpaired) electrons. The summed E-state index contributed by atoms with van der Waals surface area (Å²) < 4.78 is 10.5. The molecular formula is C11H9N3O3. The Labute approximate surface area is 96.5 Å². The number of aromatic nitrogens is 2. The van der Waals surface area contributed by atoms with Gasteiger partial charge in [-0.2, -0.15) is 5.10 Å². The van der Waals surface area contributed by atoms with Crippen LogP contribution in [0.25, 0.3) is 10.8 Å². The van der Waals surface area contributed by atoms with Gasteiger partial charge in [-0.15, -0.1) is 5.10 Å². The van der Waals surface area contributed by atoms with Gasteiger partial charge in [-0.05, 0) is 12.1 Å². The summed E-state index contributed by atoms with van der Waals surface area (Å²) in [5.74, 6) is 1.01. The lowest BCUT2D eigenvalue weighted by Gasteiger charge is -2.04. The molecule has 2 heterocycles. The SMILES string of the molecule is CNC(=O)c1nncc2cc3c(cc12)OCO3. The fourth-order valence-electron chi connectivity index (χ4n) is 1.76. The van der Waals surface area contributed by atoms with E-state index in [9.17, 15) is 4.79 Å². The lowest BCUT2D eigenvalue weighted by molar-refractivity contribution is 0.0959. The van der Waals surface area contributed by atoms with Crippen LogP contribution >= 0.6 is 0 Å². The van der Waals surface area contributed by atoms with E-state index < -0.39 is 0 Å². The van der Waals surface area contributed by atoms with Gasteiger partial charge >= 0.3 is 0 Å². The van der Waals surface area contributed by atoms with E-state index in [1.807, 2.05) is 0 Å². The summed E-state index contributed by atoms with van der Waals surface area (Å²) in [6.07, 6.45) is 1.59. The summed E-state index contributed by atoms with van der Waals surface area (Å²) in [5.41, 5.74) is 0.281. The fourth-order valence-corrected chi connectivity index (χ4v) is 1.76. The Bertz CT molecular complexity index is 612. The van der Waals surface area contributed by atoms with Crippen molar-refractivity contribution < 1.29 is 14.3 Å². The van der Waals surface area contributed by atoms with Crippen molar-refractivity contribution in [3.05, 3.63) is 24.0 Å². The van der Waals surface area contributed by atoms with Crippen molar-refractivity contribution in [1.82, 2.24) is 15.5 Å². The Morgan fingerprint density at radius 1 is 1.35 bits per heavy atom. The first kappa shape index (κ1) is 9.83. The van der Waals surface area contributed by atoms with E-state index in [-0.39, 0.29) is 18.4 Å². The van der Waals surface area contributed by atoms with Gasteiger partial charge in [-0.3, -0.25) is 4.79 Å². The molecule has 0 fully saturated rings. The lowest BCUT2D eigenvalue weighted by atomic mass is 10.1. The summed E-state index contributed by atoms with van der Waals surface area (Å²) in [6.45, 7) is 0.196. The molecule has 0 saturated carbocycles. The number of hydrogen-bond donors (Lipinski definition) is 1. The molecule has 1 aromatic heterocycles. The van der Waals surface area contributed by atoms with Gasteiger partial charge in [-0.1, -0.05) is 0 Å². The highest BCUT2D eigenvalue weighted by molar-refractivity contribution is 6.05. The standard InChI is InChI=1S/C11H9N3O3/c1-12-11(15)10-7-3-9-8(16-5-17-9)2-6(7)4-13-14-10/h2-4H,5H2,1H3,(H,12,15). The van der Waals surface area contributed by atoms with Gasteiger partial charge in [-0.25, -0.2) is 0 Å². The number of benzene rings is 1. The van der Waals surface area contributed by atoms with Crippen LogP contribution in [0.1, 0.15) is 10.5 Å². The Morgan fingerprint density at radius 3 is 2.88 bits per heavy atom. The first-order chi connectivity index (χ1) is 8.29. The number of hydrogen-bond acceptors (Lipinski definition) is 5. The summed E-state index contributed by atoms with van der Waals surface area (Å²) in [7, 11) is 1.55. The molecule has 2 aromatic rings. The van der Waals surface area contributed by atoms with Gasteiger partial charge in [0.2, 0.25) is 6.79 Å². The highest BCUT2D eigenvalue weighted by Crippen LogP contribution is 2.36. The molecular weight excluding hydrogens is 222 g/mol. The lowest BCUT2D eigenvalue weighted by Crippen LogP contribution is -2.20. The second-order valence-corrected chi connectivity index (χ2v) is 3.57. The minimum absolute atomic E-state index is 0.196. The smallest absolute Gasteiger partial charge is 0.272 e. The van der Waals surface area contributed by atoms with Crippen LogP contribution < -0.4 is 14.8 Å². The monoisotopic (exact) mass is 231 g/mol. The Morgan fingerprint density at radius 2 is 2.12 bits per heavy atom. The van der Waals surface area contributed by atoms with Crippen molar-refractivity contribution in [2.75, 3.05) is 13.8 Å². The molecule has 1 aromatic carbocycles. The van der Waals surface area contributed by atoms with Gasteiger partial charge in [0, 0.05) is 17.8 Å². The number of carbonyl (C=O) groups excluding carboxylic acids is 1. The van der Waals surface area contributed by atoms with E-state index in [0.717, 1.165) is 5.39 Å². The molecule has 1 aliphatic heterocycles. The average molecular weight is 231 g/mol. The molecule has 0 atom stereocenters. The highest BCUT2D eigenvalue weighted by atomic mass is 16.7. The summed E-state index contributed by atoms with van der Waals surface area (Å²) in [5, 5.41) is 11.7. The number of amides is 1. The van der Waals surface area contributed by atoms with Gasteiger partial charge in [0.05, 0.1) is 6.20 Å². The maximum absolute atomic E-state index is 11.6.